The highest BCUT2D eigenvalue weighted by atomic mass is 32.2. The largest absolute Gasteiger partial charge is 0.489 e. The van der Waals surface area contributed by atoms with Crippen LogP contribution in [0.5, 0.6) is 5.75 Å². The zero-order chi connectivity index (χ0) is 29.8. The quantitative estimate of drug-likeness (QED) is 0.230. The van der Waals surface area contributed by atoms with Crippen molar-refractivity contribution in [1.82, 2.24) is 9.88 Å². The van der Waals surface area contributed by atoms with Gasteiger partial charge in [0.2, 0.25) is 11.8 Å². The van der Waals surface area contributed by atoms with Crippen LogP contribution in [-0.4, -0.2) is 44.6 Å². The molecule has 2 bridgehead atoms. The van der Waals surface area contributed by atoms with Crippen LogP contribution < -0.4 is 9.61 Å². The Morgan fingerprint density at radius 3 is 2.53 bits per heavy atom. The summed E-state index contributed by atoms with van der Waals surface area (Å²) in [6, 6.07) is 16.2. The molecular formula is C33H34N2O6S2. The number of amides is 2. The Hall–Kier alpha value is -3.37. The number of likely N-dealkylation sites (tertiary alicyclic amines) is 1. The number of H-pyrrole nitrogens is 1. The second kappa shape index (κ2) is 11.3. The fraction of sp³-hybridized carbons (Fsp3) is 0.455. The number of carboxylic acids is 1. The molecule has 43 heavy (non-hydrogen) atoms. The average molecular weight is 619 g/mol. The molecule has 3 heterocycles. The van der Waals surface area contributed by atoms with Crippen LogP contribution in [0, 0.1) is 36.5 Å². The van der Waals surface area contributed by atoms with Crippen molar-refractivity contribution in [1.29, 1.82) is 0 Å². The molecule has 10 heteroatoms. The molecule has 3 fully saturated rings. The Morgan fingerprint density at radius 2 is 1.74 bits per heavy atom. The van der Waals surface area contributed by atoms with Crippen LogP contribution in [0.2, 0.25) is 0 Å². The number of carbonyl (C=O) groups is 3. The first-order chi connectivity index (χ1) is 20.8. The monoisotopic (exact) mass is 618 g/mol. The van der Waals surface area contributed by atoms with E-state index in [9.17, 15) is 19.2 Å². The van der Waals surface area contributed by atoms with Gasteiger partial charge in [0.1, 0.15) is 12.4 Å². The van der Waals surface area contributed by atoms with E-state index < -0.39 is 5.97 Å². The number of ether oxygens (including phenoxy) is 1. The number of aryl methyl sites for hydroxylation is 1. The van der Waals surface area contributed by atoms with Crippen LogP contribution in [0.4, 0.5) is 0 Å². The molecule has 2 amide bonds. The van der Waals surface area contributed by atoms with E-state index in [4.69, 9.17) is 9.84 Å². The lowest BCUT2D eigenvalue weighted by atomic mass is 9.68. The van der Waals surface area contributed by atoms with Crippen molar-refractivity contribution in [2.24, 2.45) is 29.6 Å². The zero-order valence-corrected chi connectivity index (χ0v) is 25.5. The minimum atomic E-state index is -0.828. The summed E-state index contributed by atoms with van der Waals surface area (Å²) < 4.78 is 6.47. The van der Waals surface area contributed by atoms with Crippen molar-refractivity contribution in [3.63, 3.8) is 0 Å². The molecule has 2 aliphatic heterocycles. The molecule has 0 spiro atoms. The first-order valence-corrected chi connectivity index (χ1v) is 16.8. The third-order valence-electron chi connectivity index (χ3n) is 9.99. The van der Waals surface area contributed by atoms with Crippen LogP contribution >= 0.6 is 23.1 Å². The van der Waals surface area contributed by atoms with E-state index in [2.05, 4.69) is 30.1 Å². The van der Waals surface area contributed by atoms with E-state index in [1.807, 2.05) is 30.3 Å². The number of carbonyl (C=O) groups excluding carboxylic acids is 2. The summed E-state index contributed by atoms with van der Waals surface area (Å²) >= 11 is 2.93. The van der Waals surface area contributed by atoms with Crippen LogP contribution in [-0.2, 0) is 21.0 Å². The lowest BCUT2D eigenvalue weighted by Gasteiger charge is -2.43. The van der Waals surface area contributed by atoms with Gasteiger partial charge in [0.25, 0.3) is 0 Å². The number of aromatic nitrogens is 1. The molecule has 7 rings (SSSR count). The number of hydrogen-bond donors (Lipinski definition) is 2. The van der Waals surface area contributed by atoms with E-state index in [0.717, 1.165) is 38.8 Å². The van der Waals surface area contributed by atoms with Crippen LogP contribution in [0.25, 0.3) is 0 Å². The number of carboxylic acid groups (broad SMARTS) is 1. The Morgan fingerprint density at radius 1 is 1.00 bits per heavy atom. The van der Waals surface area contributed by atoms with Gasteiger partial charge in [-0.1, -0.05) is 60.2 Å². The summed E-state index contributed by atoms with van der Waals surface area (Å²) in [4.78, 5) is 56.4. The zero-order valence-electron chi connectivity index (χ0n) is 23.9. The van der Waals surface area contributed by atoms with E-state index in [0.29, 0.717) is 32.4 Å². The number of para-hydroxylation sites is 1. The van der Waals surface area contributed by atoms with Gasteiger partial charge in [-0.15, -0.1) is 11.8 Å². The van der Waals surface area contributed by atoms with Crippen LogP contribution in [0.3, 0.4) is 0 Å². The molecule has 4 aliphatic rings. The molecule has 0 radical (unpaired) electrons. The van der Waals surface area contributed by atoms with Gasteiger partial charge in [0.15, 0.2) is 0 Å². The van der Waals surface area contributed by atoms with E-state index in [1.165, 1.54) is 16.2 Å². The fourth-order valence-corrected chi connectivity index (χ4v) is 11.0. The topological polar surface area (TPSA) is 117 Å². The Kier molecular flexibility index (Phi) is 7.45. The normalized spacial score (nSPS) is 28.6. The second-order valence-electron chi connectivity index (χ2n) is 12.2. The van der Waals surface area contributed by atoms with Gasteiger partial charge in [-0.3, -0.25) is 24.1 Å². The number of fused-ring (bicyclic) bond motifs is 9. The van der Waals surface area contributed by atoms with Crippen molar-refractivity contribution in [3.8, 4) is 5.75 Å². The predicted octanol–water partition coefficient (Wildman–Crippen LogP) is 5.44. The number of benzene rings is 2. The smallest absolute Gasteiger partial charge is 0.305 e. The number of thioether (sulfide) groups is 1. The number of aliphatic carboxylic acids is 1. The third-order valence-corrected chi connectivity index (χ3v) is 12.6. The van der Waals surface area contributed by atoms with Crippen molar-refractivity contribution in [2.45, 2.75) is 61.8 Å². The first-order valence-electron chi connectivity index (χ1n) is 15.1. The maximum Gasteiger partial charge on any atom is 0.305 e. The van der Waals surface area contributed by atoms with Crippen molar-refractivity contribution in [2.75, 3.05) is 6.54 Å². The molecule has 224 valence electrons. The van der Waals surface area contributed by atoms with E-state index >= 15 is 0 Å². The number of nitrogens with one attached hydrogen (secondary N) is 1. The maximum atomic E-state index is 13.8. The van der Waals surface area contributed by atoms with E-state index in [-0.39, 0.29) is 63.9 Å². The number of hydrogen-bond acceptors (Lipinski definition) is 7. The summed E-state index contributed by atoms with van der Waals surface area (Å²) in [6.45, 7) is 2.86. The fourth-order valence-electron chi connectivity index (χ4n) is 8.17. The molecule has 2 N–H and O–H groups in total. The molecule has 2 saturated carbocycles. The number of imide groups is 1. The lowest BCUT2D eigenvalue weighted by molar-refractivity contribution is -0.141. The number of unbranched alkanes of at least 4 members (excludes halogenated alkanes) is 2. The summed E-state index contributed by atoms with van der Waals surface area (Å²) in [5, 5.41) is 9.91. The van der Waals surface area contributed by atoms with Gasteiger partial charge in [0.05, 0.1) is 16.9 Å². The highest BCUT2D eigenvalue weighted by molar-refractivity contribution is 8.00. The van der Waals surface area contributed by atoms with Gasteiger partial charge in [-0.05, 0) is 61.1 Å². The molecule has 2 aromatic carbocycles. The SMILES string of the molecule is Cc1ccccc1COc1ccccc1[C@H]1c2sc(=O)[nH]c2SC2C3CC(C4C(=O)N(CCCCCC(=O)O)C(=O)C34)C21. The highest BCUT2D eigenvalue weighted by Crippen LogP contribution is 2.69. The average Bonchev–Trinajstić information content (AvgIpc) is 3.72. The van der Waals surface area contributed by atoms with Gasteiger partial charge in [-0.2, -0.15) is 0 Å². The number of nitrogens with zero attached hydrogens (tertiary/aromatic N) is 1. The minimum absolute atomic E-state index is 0.0423. The Bertz CT molecular complexity index is 1650. The Labute approximate surface area is 257 Å². The number of thiazole rings is 1. The van der Waals surface area contributed by atoms with E-state index in [1.54, 1.807) is 11.8 Å². The van der Waals surface area contributed by atoms with Crippen LogP contribution in [0.1, 0.15) is 59.6 Å². The Balaban J connectivity index is 1.19. The molecule has 8 nitrogen and oxygen atoms in total. The number of aromatic amines is 1. The second-order valence-corrected chi connectivity index (χ2v) is 14.4. The van der Waals surface area contributed by atoms with Gasteiger partial charge in [-0.25, -0.2) is 0 Å². The maximum absolute atomic E-state index is 13.8. The molecule has 7 atom stereocenters. The summed E-state index contributed by atoms with van der Waals surface area (Å²) in [6.07, 6.45) is 2.76. The lowest BCUT2D eigenvalue weighted by Crippen LogP contribution is -2.42. The minimum Gasteiger partial charge on any atom is -0.489 e. The molecule has 2 aliphatic carbocycles. The van der Waals surface area contributed by atoms with Gasteiger partial charge < -0.3 is 14.8 Å². The summed E-state index contributed by atoms with van der Waals surface area (Å²) in [5.41, 5.74) is 3.30. The molecule has 1 saturated heterocycles. The number of rotatable bonds is 10. The molecular weight excluding hydrogens is 585 g/mol. The highest BCUT2D eigenvalue weighted by Gasteiger charge is 2.69. The standard InChI is InChI=1S/C33H34N2O6S2/c1-17-9-4-5-10-18(17)16-41-22-12-7-6-11-19(22)24-25-20-15-21(28(25)42-30-29(24)43-33(40)34-30)27-26(20)31(38)35(32(27)39)14-8-2-3-13-23(36)37/h4-7,9-12,20-21,24-28H,2-3,8,13-16H2,1H3,(H,34,40)(H,36,37)/t20?,21?,24-,25?,26?,27?,28?/m1/s1. The first kappa shape index (κ1) is 28.4. The summed E-state index contributed by atoms with van der Waals surface area (Å²) in [7, 11) is 0. The van der Waals surface area contributed by atoms with Gasteiger partial charge >= 0.3 is 10.8 Å². The predicted molar refractivity (Wildman–Crippen MR) is 163 cm³/mol. The van der Waals surface area contributed by atoms with Crippen LogP contribution in [0.15, 0.2) is 58.4 Å². The van der Waals surface area contributed by atoms with Crippen molar-refractivity contribution in [3.05, 3.63) is 79.8 Å². The molecule has 3 aromatic rings. The molecule has 6 unspecified atom stereocenters. The third kappa shape index (κ3) is 4.83. The van der Waals surface area contributed by atoms with Crippen molar-refractivity contribution < 1.29 is 24.2 Å². The molecule has 1 aromatic heterocycles. The van der Waals surface area contributed by atoms with Crippen molar-refractivity contribution >= 4 is 40.9 Å². The summed E-state index contributed by atoms with van der Waals surface area (Å²) in [5.74, 6) is -0.729. The van der Waals surface area contributed by atoms with Gasteiger partial charge in [0, 0.05) is 34.6 Å².